The highest BCUT2D eigenvalue weighted by molar-refractivity contribution is 7.74. The molecule has 86 valence electrons. The predicted octanol–water partition coefficient (Wildman–Crippen LogP) is 0.850. The average Bonchev–Trinajstić information content (AvgIpc) is 1.78. The van der Waals surface area contributed by atoms with Gasteiger partial charge in [-0.1, -0.05) is 0 Å². The Labute approximate surface area is 88.0 Å². The Kier molecular flexibility index (Phi) is 4.82. The fourth-order valence-electron chi connectivity index (χ4n) is 0.557. The highest BCUT2D eigenvalue weighted by atomic mass is 32.2. The topological polar surface area (TPSA) is 93.1 Å². The van der Waals surface area contributed by atoms with Crippen molar-refractivity contribution in [3.8, 4) is 0 Å². The molecule has 0 aromatic carbocycles. The van der Waals surface area contributed by atoms with Crippen LogP contribution >= 0.6 is 0 Å². The molecule has 2 N–H and O–H groups in total. The molecule has 14 heavy (non-hydrogen) atoms. The lowest BCUT2D eigenvalue weighted by molar-refractivity contribution is -0.0674. The molecule has 2 atom stereocenters. The highest BCUT2D eigenvalue weighted by Gasteiger charge is 2.43. The van der Waals surface area contributed by atoms with E-state index in [1.54, 1.807) is 0 Å². The van der Waals surface area contributed by atoms with Crippen molar-refractivity contribution in [2.24, 2.45) is 0 Å². The minimum absolute atomic E-state index is 1.18. The second kappa shape index (κ2) is 4.77. The van der Waals surface area contributed by atoms with Crippen molar-refractivity contribution >= 4 is 22.7 Å². The Hall–Kier alpha value is 0.140. The van der Waals surface area contributed by atoms with Crippen LogP contribution in [0.5, 0.6) is 0 Å². The van der Waals surface area contributed by atoms with Gasteiger partial charge in [-0.2, -0.15) is 8.42 Å². The predicted molar refractivity (Wildman–Crippen MR) is 51.9 cm³/mol. The van der Waals surface area contributed by atoms with Crippen LogP contribution in [0.2, 0.25) is 0 Å². The van der Waals surface area contributed by atoms with Gasteiger partial charge in [-0.3, -0.25) is 17.5 Å². The molecule has 0 aliphatic carbocycles. The number of hydrogen-bond donors (Lipinski definition) is 2. The molecule has 0 fully saturated rings. The average molecular weight is 246 g/mol. The summed E-state index contributed by atoms with van der Waals surface area (Å²) >= 11 is -4.91. The second-order valence-electron chi connectivity index (χ2n) is 3.62. The molecule has 0 bridgehead atoms. The van der Waals surface area contributed by atoms with E-state index in [2.05, 4.69) is 8.37 Å². The first kappa shape index (κ1) is 14.1. The summed E-state index contributed by atoms with van der Waals surface area (Å²) in [4.78, 5) is 0. The molecule has 0 radical (unpaired) electrons. The van der Waals surface area contributed by atoms with Crippen molar-refractivity contribution in [1.82, 2.24) is 0 Å². The Morgan fingerprint density at radius 2 is 1.07 bits per heavy atom. The third kappa shape index (κ3) is 4.11. The zero-order chi connectivity index (χ0) is 11.6. The third-order valence-corrected chi connectivity index (χ3v) is 3.13. The minimum atomic E-state index is -2.46. The minimum Gasteiger partial charge on any atom is -0.284 e. The fourth-order valence-corrected chi connectivity index (χ4v) is 1.67. The van der Waals surface area contributed by atoms with E-state index in [-0.39, 0.29) is 0 Å². The van der Waals surface area contributed by atoms with Crippen LogP contribution in [0.15, 0.2) is 0 Å². The Morgan fingerprint density at radius 3 is 1.21 bits per heavy atom. The summed E-state index contributed by atoms with van der Waals surface area (Å²) in [5.41, 5.74) is -2.35. The maximum atomic E-state index is 10.4. The Morgan fingerprint density at radius 1 is 0.857 bits per heavy atom. The number of hydrogen-bond acceptors (Lipinski definition) is 4. The zero-order valence-electron chi connectivity index (χ0n) is 8.34. The van der Waals surface area contributed by atoms with Gasteiger partial charge in [0.2, 0.25) is 0 Å². The molecule has 0 spiro atoms. The zero-order valence-corrected chi connectivity index (χ0v) is 9.98. The molecule has 0 aromatic rings. The van der Waals surface area contributed by atoms with Gasteiger partial charge in [-0.25, -0.2) is 0 Å². The molecule has 6 nitrogen and oxygen atoms in total. The standard InChI is InChI=1S/C6H14O6S2/c1-5(2,11-13(7)8)6(3,4)12-14(9)10/h1-4H3,(H,7,8)(H,9,10). The molecular weight excluding hydrogens is 232 g/mol. The van der Waals surface area contributed by atoms with E-state index in [0.717, 1.165) is 0 Å². The van der Waals surface area contributed by atoms with Crippen LogP contribution < -0.4 is 0 Å². The summed E-state index contributed by atoms with van der Waals surface area (Å²) in [6.07, 6.45) is 0. The molecule has 0 aromatic heterocycles. The highest BCUT2D eigenvalue weighted by Crippen LogP contribution is 2.30. The quantitative estimate of drug-likeness (QED) is 0.698. The van der Waals surface area contributed by atoms with Gasteiger partial charge in [-0.15, -0.1) is 0 Å². The van der Waals surface area contributed by atoms with Gasteiger partial charge >= 0.3 is 22.7 Å². The SMILES string of the molecule is CC(C)(OS(=O)O)C(C)(C)OS(=O)O. The lowest BCUT2D eigenvalue weighted by atomic mass is 9.90. The first-order valence-corrected chi connectivity index (χ1v) is 5.75. The first-order valence-electron chi connectivity index (χ1n) is 3.69. The van der Waals surface area contributed by atoms with Crippen LogP contribution in [-0.4, -0.2) is 28.7 Å². The van der Waals surface area contributed by atoms with Crippen LogP contribution in [0, 0.1) is 0 Å². The van der Waals surface area contributed by atoms with Crippen LogP contribution in [0.25, 0.3) is 0 Å². The molecule has 0 saturated heterocycles. The number of rotatable bonds is 5. The van der Waals surface area contributed by atoms with E-state index in [0.29, 0.717) is 0 Å². The molecule has 0 saturated carbocycles. The lowest BCUT2D eigenvalue weighted by Crippen LogP contribution is -2.49. The van der Waals surface area contributed by atoms with Crippen molar-refractivity contribution in [1.29, 1.82) is 0 Å². The van der Waals surface area contributed by atoms with E-state index < -0.39 is 33.9 Å². The first-order chi connectivity index (χ1) is 6.08. The maximum Gasteiger partial charge on any atom is 0.302 e. The summed E-state index contributed by atoms with van der Waals surface area (Å²) in [5, 5.41) is 0. The van der Waals surface area contributed by atoms with Crippen molar-refractivity contribution in [2.75, 3.05) is 0 Å². The van der Waals surface area contributed by atoms with E-state index in [1.165, 1.54) is 27.7 Å². The van der Waals surface area contributed by atoms with Gasteiger partial charge in [-0.05, 0) is 27.7 Å². The van der Waals surface area contributed by atoms with Gasteiger partial charge < -0.3 is 0 Å². The largest absolute Gasteiger partial charge is 0.302 e. The van der Waals surface area contributed by atoms with Gasteiger partial charge in [0.15, 0.2) is 0 Å². The normalized spacial score (nSPS) is 17.9. The van der Waals surface area contributed by atoms with Crippen molar-refractivity contribution in [2.45, 2.75) is 38.9 Å². The van der Waals surface area contributed by atoms with Crippen molar-refractivity contribution in [3.63, 3.8) is 0 Å². The Bertz CT molecular complexity index is 223. The summed E-state index contributed by atoms with van der Waals surface area (Å²) in [5.74, 6) is 0. The molecule has 0 aliphatic rings. The van der Waals surface area contributed by atoms with Gasteiger partial charge in [0, 0.05) is 0 Å². The molecule has 8 heteroatoms. The van der Waals surface area contributed by atoms with Crippen LogP contribution in [0.4, 0.5) is 0 Å². The van der Waals surface area contributed by atoms with E-state index >= 15 is 0 Å². The van der Waals surface area contributed by atoms with Gasteiger partial charge in [0.25, 0.3) is 0 Å². The molecule has 0 aliphatic heterocycles. The van der Waals surface area contributed by atoms with Crippen molar-refractivity contribution in [3.05, 3.63) is 0 Å². The monoisotopic (exact) mass is 246 g/mol. The van der Waals surface area contributed by atoms with Gasteiger partial charge in [0.1, 0.15) is 11.2 Å². The van der Waals surface area contributed by atoms with Crippen LogP contribution in [-0.2, 0) is 31.1 Å². The van der Waals surface area contributed by atoms with Crippen molar-refractivity contribution < 1.29 is 25.9 Å². The smallest absolute Gasteiger partial charge is 0.284 e. The van der Waals surface area contributed by atoms with Gasteiger partial charge in [0.05, 0.1) is 0 Å². The third-order valence-electron chi connectivity index (χ3n) is 2.01. The van der Waals surface area contributed by atoms with E-state index in [4.69, 9.17) is 9.11 Å². The van der Waals surface area contributed by atoms with Crippen LogP contribution in [0.1, 0.15) is 27.7 Å². The van der Waals surface area contributed by atoms with Crippen LogP contribution in [0.3, 0.4) is 0 Å². The molecule has 0 amide bonds. The second-order valence-corrected chi connectivity index (χ2v) is 4.82. The summed E-state index contributed by atoms with van der Waals surface area (Å²) in [7, 11) is 0. The molecular formula is C6H14O6S2. The molecule has 0 heterocycles. The fraction of sp³-hybridized carbons (Fsp3) is 1.00. The summed E-state index contributed by atoms with van der Waals surface area (Å²) in [6, 6.07) is 0. The lowest BCUT2D eigenvalue weighted by Gasteiger charge is -2.37. The molecule has 2 unspecified atom stereocenters. The van der Waals surface area contributed by atoms with E-state index in [1.807, 2.05) is 0 Å². The molecule has 0 rings (SSSR count). The summed E-state index contributed by atoms with van der Waals surface area (Å²) in [6.45, 7) is 5.92. The summed E-state index contributed by atoms with van der Waals surface area (Å²) < 4.78 is 47.3. The van der Waals surface area contributed by atoms with E-state index in [9.17, 15) is 8.42 Å². The Balaban J connectivity index is 4.67. The maximum absolute atomic E-state index is 10.4.